The fourth-order valence-corrected chi connectivity index (χ4v) is 2.56. The maximum atomic E-state index is 12.0. The monoisotopic (exact) mass is 281 g/mol. The van der Waals surface area contributed by atoms with Crippen LogP contribution in [0.15, 0.2) is 40.5 Å². The van der Waals surface area contributed by atoms with Crippen LogP contribution in [0.3, 0.4) is 0 Å². The summed E-state index contributed by atoms with van der Waals surface area (Å²) in [5, 5.41) is 0. The molecule has 0 atom stereocenters. The molecule has 0 saturated carbocycles. The second-order valence-electron chi connectivity index (χ2n) is 3.52. The minimum atomic E-state index is -3.35. The molecule has 0 N–H and O–H groups in total. The standard InChI is InChI=1S/C11H11N3O2S2/c1-2-18(15,16)9-4-3-5-12-10(9)11-13-6-8(17)7-14-11/h3-7,17H,2H2,1H3. The summed E-state index contributed by atoms with van der Waals surface area (Å²) in [7, 11) is -3.35. The molecule has 94 valence electrons. The van der Waals surface area contributed by atoms with Crippen LogP contribution in [0.2, 0.25) is 0 Å². The molecule has 18 heavy (non-hydrogen) atoms. The number of pyridine rings is 1. The van der Waals surface area contributed by atoms with Crippen molar-refractivity contribution in [2.45, 2.75) is 16.7 Å². The Hall–Kier alpha value is -1.47. The van der Waals surface area contributed by atoms with Crippen molar-refractivity contribution in [1.82, 2.24) is 15.0 Å². The van der Waals surface area contributed by atoms with Crippen molar-refractivity contribution in [1.29, 1.82) is 0 Å². The van der Waals surface area contributed by atoms with E-state index in [9.17, 15) is 8.42 Å². The van der Waals surface area contributed by atoms with Crippen LogP contribution < -0.4 is 0 Å². The molecule has 0 amide bonds. The van der Waals surface area contributed by atoms with Gasteiger partial charge in [-0.15, -0.1) is 12.6 Å². The molecule has 2 aromatic heterocycles. The van der Waals surface area contributed by atoms with Gasteiger partial charge < -0.3 is 0 Å². The van der Waals surface area contributed by atoms with Gasteiger partial charge in [-0.1, -0.05) is 6.92 Å². The summed E-state index contributed by atoms with van der Waals surface area (Å²) in [5.41, 5.74) is 0.271. The molecule has 7 heteroatoms. The first-order chi connectivity index (χ1) is 8.54. The molecule has 2 rings (SSSR count). The van der Waals surface area contributed by atoms with Crippen molar-refractivity contribution in [2.75, 3.05) is 5.75 Å². The van der Waals surface area contributed by atoms with E-state index in [4.69, 9.17) is 0 Å². The van der Waals surface area contributed by atoms with Crippen LogP contribution in [0.4, 0.5) is 0 Å². The average molecular weight is 281 g/mol. The predicted molar refractivity (Wildman–Crippen MR) is 70.2 cm³/mol. The Bertz CT molecular complexity index is 654. The van der Waals surface area contributed by atoms with Gasteiger partial charge in [-0.2, -0.15) is 0 Å². The fourth-order valence-electron chi connectivity index (χ4n) is 1.41. The maximum absolute atomic E-state index is 12.0. The van der Waals surface area contributed by atoms with Gasteiger partial charge in [-0.3, -0.25) is 4.98 Å². The normalized spacial score (nSPS) is 11.4. The molecule has 5 nitrogen and oxygen atoms in total. The highest BCUT2D eigenvalue weighted by atomic mass is 32.2. The van der Waals surface area contributed by atoms with Crippen LogP contribution in [0.25, 0.3) is 11.5 Å². The van der Waals surface area contributed by atoms with Crippen molar-refractivity contribution in [2.24, 2.45) is 0 Å². The minimum absolute atomic E-state index is 0.0103. The van der Waals surface area contributed by atoms with Crippen molar-refractivity contribution in [3.8, 4) is 11.5 Å². The molecule has 2 heterocycles. The number of hydrogen-bond acceptors (Lipinski definition) is 6. The summed E-state index contributed by atoms with van der Waals surface area (Å²) in [4.78, 5) is 12.9. The summed E-state index contributed by atoms with van der Waals surface area (Å²) in [6.07, 6.45) is 4.52. The molecule has 0 spiro atoms. The zero-order valence-corrected chi connectivity index (χ0v) is 11.3. The van der Waals surface area contributed by atoms with E-state index in [0.29, 0.717) is 4.90 Å². The highest BCUT2D eigenvalue weighted by molar-refractivity contribution is 7.91. The second-order valence-corrected chi connectivity index (χ2v) is 6.28. The predicted octanol–water partition coefficient (Wildman–Crippen LogP) is 1.62. The van der Waals surface area contributed by atoms with Crippen LogP contribution in [-0.4, -0.2) is 29.1 Å². The van der Waals surface area contributed by atoms with Gasteiger partial charge in [0.05, 0.1) is 10.6 Å². The lowest BCUT2D eigenvalue weighted by Gasteiger charge is -2.06. The van der Waals surface area contributed by atoms with Gasteiger partial charge in [0.25, 0.3) is 0 Å². The molecular formula is C11H11N3O2S2. The van der Waals surface area contributed by atoms with Gasteiger partial charge in [0.15, 0.2) is 15.7 Å². The Balaban J connectivity index is 2.62. The third kappa shape index (κ3) is 2.51. The molecule has 0 radical (unpaired) electrons. The van der Waals surface area contributed by atoms with Crippen LogP contribution in [0.5, 0.6) is 0 Å². The van der Waals surface area contributed by atoms with Crippen LogP contribution in [0.1, 0.15) is 6.92 Å². The van der Waals surface area contributed by atoms with Crippen LogP contribution in [-0.2, 0) is 9.84 Å². The first kappa shape index (κ1) is 13.0. The van der Waals surface area contributed by atoms with E-state index in [0.717, 1.165) is 0 Å². The molecule has 2 aromatic rings. The molecule has 0 unspecified atom stereocenters. The van der Waals surface area contributed by atoms with Gasteiger partial charge in [-0.05, 0) is 12.1 Å². The smallest absolute Gasteiger partial charge is 0.180 e. The van der Waals surface area contributed by atoms with Crippen LogP contribution >= 0.6 is 12.6 Å². The van der Waals surface area contributed by atoms with E-state index in [-0.39, 0.29) is 22.2 Å². The van der Waals surface area contributed by atoms with Crippen LogP contribution in [0, 0.1) is 0 Å². The maximum Gasteiger partial charge on any atom is 0.180 e. The first-order valence-electron chi connectivity index (χ1n) is 5.23. The Labute approximate surface area is 111 Å². The van der Waals surface area contributed by atoms with Crippen molar-refractivity contribution in [3.05, 3.63) is 30.7 Å². The summed E-state index contributed by atoms with van der Waals surface area (Å²) in [5.74, 6) is 0.288. The molecule has 0 aliphatic heterocycles. The SMILES string of the molecule is CCS(=O)(=O)c1cccnc1-c1ncc(S)cn1. The Morgan fingerprint density at radius 3 is 2.50 bits per heavy atom. The van der Waals surface area contributed by atoms with E-state index in [1.54, 1.807) is 13.0 Å². The molecule has 0 saturated heterocycles. The van der Waals surface area contributed by atoms with Crippen molar-refractivity contribution in [3.63, 3.8) is 0 Å². The molecular weight excluding hydrogens is 270 g/mol. The van der Waals surface area contributed by atoms with Gasteiger partial charge in [0.1, 0.15) is 5.69 Å². The molecule has 0 aliphatic rings. The lowest BCUT2D eigenvalue weighted by atomic mass is 10.3. The van der Waals surface area contributed by atoms with Gasteiger partial charge >= 0.3 is 0 Å². The molecule has 0 aliphatic carbocycles. The number of rotatable bonds is 3. The van der Waals surface area contributed by atoms with Gasteiger partial charge in [0.2, 0.25) is 0 Å². The minimum Gasteiger partial charge on any atom is -0.252 e. The second kappa shape index (κ2) is 5.03. The third-order valence-electron chi connectivity index (χ3n) is 2.34. The van der Waals surface area contributed by atoms with E-state index in [2.05, 4.69) is 27.6 Å². The van der Waals surface area contributed by atoms with E-state index < -0.39 is 9.84 Å². The average Bonchev–Trinajstić information content (AvgIpc) is 2.40. The Morgan fingerprint density at radius 2 is 1.89 bits per heavy atom. The summed E-state index contributed by atoms with van der Waals surface area (Å²) in [6, 6.07) is 3.10. The quantitative estimate of drug-likeness (QED) is 0.866. The van der Waals surface area contributed by atoms with E-state index >= 15 is 0 Å². The summed E-state index contributed by atoms with van der Waals surface area (Å²) < 4.78 is 23.9. The Morgan fingerprint density at radius 1 is 1.22 bits per heavy atom. The number of aromatic nitrogens is 3. The van der Waals surface area contributed by atoms with Gasteiger partial charge in [0, 0.05) is 23.5 Å². The van der Waals surface area contributed by atoms with E-state index in [1.165, 1.54) is 24.7 Å². The highest BCUT2D eigenvalue weighted by Crippen LogP contribution is 2.22. The third-order valence-corrected chi connectivity index (χ3v) is 4.33. The summed E-state index contributed by atoms with van der Waals surface area (Å²) in [6.45, 7) is 1.59. The molecule has 0 bridgehead atoms. The van der Waals surface area contributed by atoms with E-state index in [1.807, 2.05) is 0 Å². The first-order valence-corrected chi connectivity index (χ1v) is 7.33. The number of hydrogen-bond donors (Lipinski definition) is 1. The zero-order valence-electron chi connectivity index (χ0n) is 9.61. The Kier molecular flexibility index (Phi) is 3.63. The lowest BCUT2D eigenvalue weighted by molar-refractivity contribution is 0.597. The fraction of sp³-hybridized carbons (Fsp3) is 0.182. The van der Waals surface area contributed by atoms with Gasteiger partial charge in [-0.25, -0.2) is 18.4 Å². The molecule has 0 aromatic carbocycles. The van der Waals surface area contributed by atoms with Crippen molar-refractivity contribution >= 4 is 22.5 Å². The largest absolute Gasteiger partial charge is 0.252 e. The molecule has 0 fully saturated rings. The van der Waals surface area contributed by atoms with Crippen molar-refractivity contribution < 1.29 is 8.42 Å². The number of thiol groups is 1. The summed E-state index contributed by atoms with van der Waals surface area (Å²) >= 11 is 4.08. The number of sulfone groups is 1. The highest BCUT2D eigenvalue weighted by Gasteiger charge is 2.19. The zero-order chi connectivity index (χ0) is 13.2. The lowest BCUT2D eigenvalue weighted by Crippen LogP contribution is -2.07. The topological polar surface area (TPSA) is 72.8 Å². The number of nitrogens with zero attached hydrogens (tertiary/aromatic N) is 3.